The molecule has 0 aliphatic rings. The molecule has 22 heavy (non-hydrogen) atoms. The first-order chi connectivity index (χ1) is 10.5. The fraction of sp³-hybridized carbons (Fsp3) is 0.222. The SMILES string of the molecule is COc1cc(-c2nc3cc(N)ccc3nc2C)cc(C)c1C. The minimum Gasteiger partial charge on any atom is -0.496 e. The van der Waals surface area contributed by atoms with E-state index < -0.39 is 0 Å². The first-order valence-corrected chi connectivity index (χ1v) is 7.19. The van der Waals surface area contributed by atoms with Gasteiger partial charge < -0.3 is 10.5 Å². The molecule has 0 amide bonds. The Kier molecular flexibility index (Phi) is 3.45. The molecule has 1 aromatic heterocycles. The van der Waals surface area contributed by atoms with E-state index in [0.29, 0.717) is 5.69 Å². The van der Waals surface area contributed by atoms with Crippen LogP contribution in [0.3, 0.4) is 0 Å². The molecule has 4 nitrogen and oxygen atoms in total. The van der Waals surface area contributed by atoms with E-state index in [1.54, 1.807) is 7.11 Å². The Labute approximate surface area is 130 Å². The van der Waals surface area contributed by atoms with Gasteiger partial charge in [0.1, 0.15) is 5.75 Å². The monoisotopic (exact) mass is 293 g/mol. The molecule has 0 fully saturated rings. The van der Waals surface area contributed by atoms with Crippen LogP contribution in [0.15, 0.2) is 30.3 Å². The smallest absolute Gasteiger partial charge is 0.122 e. The summed E-state index contributed by atoms with van der Waals surface area (Å²) in [6, 6.07) is 9.72. The summed E-state index contributed by atoms with van der Waals surface area (Å²) in [4.78, 5) is 9.40. The summed E-state index contributed by atoms with van der Waals surface area (Å²) in [5.74, 6) is 0.865. The molecule has 0 atom stereocenters. The minimum absolute atomic E-state index is 0.689. The molecular formula is C18H19N3O. The van der Waals surface area contributed by atoms with Crippen molar-refractivity contribution in [1.82, 2.24) is 9.97 Å². The Hall–Kier alpha value is -2.62. The normalized spacial score (nSPS) is 10.9. The molecule has 2 aromatic carbocycles. The highest BCUT2D eigenvalue weighted by Gasteiger charge is 2.12. The summed E-state index contributed by atoms with van der Waals surface area (Å²) in [6.07, 6.45) is 0. The summed E-state index contributed by atoms with van der Waals surface area (Å²) in [6.45, 7) is 6.10. The second kappa shape index (κ2) is 5.30. The lowest BCUT2D eigenvalue weighted by Crippen LogP contribution is -1.98. The summed E-state index contributed by atoms with van der Waals surface area (Å²) in [5.41, 5.74) is 13.3. The zero-order valence-corrected chi connectivity index (χ0v) is 13.3. The van der Waals surface area contributed by atoms with Gasteiger partial charge in [0, 0.05) is 11.3 Å². The molecule has 0 aliphatic carbocycles. The second-order valence-electron chi connectivity index (χ2n) is 5.53. The van der Waals surface area contributed by atoms with E-state index in [1.165, 1.54) is 5.56 Å². The fourth-order valence-corrected chi connectivity index (χ4v) is 2.61. The standard InChI is InChI=1S/C18H19N3O/c1-10-7-13(8-17(22-4)11(10)2)18-12(3)20-15-6-5-14(19)9-16(15)21-18/h5-9H,19H2,1-4H3. The number of nitrogens with zero attached hydrogens (tertiary/aromatic N) is 2. The van der Waals surface area contributed by atoms with E-state index in [1.807, 2.05) is 31.2 Å². The number of hydrogen-bond acceptors (Lipinski definition) is 4. The van der Waals surface area contributed by atoms with Crippen molar-refractivity contribution in [3.63, 3.8) is 0 Å². The number of anilines is 1. The maximum atomic E-state index is 5.85. The van der Waals surface area contributed by atoms with Crippen LogP contribution in [-0.2, 0) is 0 Å². The van der Waals surface area contributed by atoms with E-state index >= 15 is 0 Å². The maximum absolute atomic E-state index is 5.85. The van der Waals surface area contributed by atoms with Crippen molar-refractivity contribution in [2.24, 2.45) is 0 Å². The highest BCUT2D eigenvalue weighted by Crippen LogP contribution is 2.31. The molecule has 0 saturated carbocycles. The van der Waals surface area contributed by atoms with Crippen molar-refractivity contribution >= 4 is 16.7 Å². The van der Waals surface area contributed by atoms with E-state index in [4.69, 9.17) is 15.5 Å². The van der Waals surface area contributed by atoms with Gasteiger partial charge in [0.2, 0.25) is 0 Å². The third-order valence-electron chi connectivity index (χ3n) is 3.98. The zero-order valence-electron chi connectivity index (χ0n) is 13.3. The molecule has 1 heterocycles. The summed E-state index contributed by atoms with van der Waals surface area (Å²) < 4.78 is 5.47. The van der Waals surface area contributed by atoms with Crippen molar-refractivity contribution in [2.45, 2.75) is 20.8 Å². The molecule has 0 unspecified atom stereocenters. The highest BCUT2D eigenvalue weighted by atomic mass is 16.5. The summed E-state index contributed by atoms with van der Waals surface area (Å²) >= 11 is 0. The van der Waals surface area contributed by atoms with Crippen molar-refractivity contribution in [3.05, 3.63) is 47.2 Å². The van der Waals surface area contributed by atoms with Crippen LogP contribution >= 0.6 is 0 Å². The highest BCUT2D eigenvalue weighted by molar-refractivity contribution is 5.81. The van der Waals surface area contributed by atoms with Crippen LogP contribution in [-0.4, -0.2) is 17.1 Å². The average Bonchev–Trinajstić information content (AvgIpc) is 2.49. The lowest BCUT2D eigenvalue weighted by Gasteiger charge is -2.12. The number of nitrogen functional groups attached to an aromatic ring is 1. The average molecular weight is 293 g/mol. The van der Waals surface area contributed by atoms with E-state index in [0.717, 1.165) is 39.3 Å². The van der Waals surface area contributed by atoms with Crippen LogP contribution in [0.2, 0.25) is 0 Å². The first-order valence-electron chi connectivity index (χ1n) is 7.19. The van der Waals surface area contributed by atoms with Crippen LogP contribution in [0.4, 0.5) is 5.69 Å². The molecular weight excluding hydrogens is 274 g/mol. The number of fused-ring (bicyclic) bond motifs is 1. The molecule has 0 radical (unpaired) electrons. The van der Waals surface area contributed by atoms with Crippen LogP contribution < -0.4 is 10.5 Å². The van der Waals surface area contributed by atoms with Gasteiger partial charge in [0.15, 0.2) is 0 Å². The van der Waals surface area contributed by atoms with Crippen molar-refractivity contribution < 1.29 is 4.74 Å². The quantitative estimate of drug-likeness (QED) is 0.730. The van der Waals surface area contributed by atoms with Gasteiger partial charge in [-0.1, -0.05) is 0 Å². The molecule has 0 bridgehead atoms. The predicted octanol–water partition coefficient (Wildman–Crippen LogP) is 3.81. The van der Waals surface area contributed by atoms with E-state index in [-0.39, 0.29) is 0 Å². The Morgan fingerprint density at radius 3 is 2.45 bits per heavy atom. The van der Waals surface area contributed by atoms with Gasteiger partial charge in [-0.15, -0.1) is 0 Å². The third-order valence-corrected chi connectivity index (χ3v) is 3.98. The first kappa shape index (κ1) is 14.3. The van der Waals surface area contributed by atoms with Crippen molar-refractivity contribution in [3.8, 4) is 17.0 Å². The molecule has 0 saturated heterocycles. The maximum Gasteiger partial charge on any atom is 0.122 e. The van der Waals surface area contributed by atoms with Gasteiger partial charge in [-0.05, 0) is 62.2 Å². The second-order valence-corrected chi connectivity index (χ2v) is 5.53. The number of hydrogen-bond donors (Lipinski definition) is 1. The zero-order chi connectivity index (χ0) is 15.9. The van der Waals surface area contributed by atoms with E-state index in [2.05, 4.69) is 24.9 Å². The number of rotatable bonds is 2. The number of aromatic nitrogens is 2. The number of ether oxygens (including phenoxy) is 1. The van der Waals surface area contributed by atoms with Gasteiger partial charge in [0.25, 0.3) is 0 Å². The van der Waals surface area contributed by atoms with Gasteiger partial charge >= 0.3 is 0 Å². The van der Waals surface area contributed by atoms with Crippen LogP contribution in [0, 0.1) is 20.8 Å². The Morgan fingerprint density at radius 2 is 1.73 bits per heavy atom. The van der Waals surface area contributed by atoms with Gasteiger partial charge in [-0.3, -0.25) is 0 Å². The van der Waals surface area contributed by atoms with Crippen LogP contribution in [0.1, 0.15) is 16.8 Å². The van der Waals surface area contributed by atoms with Gasteiger partial charge in [-0.2, -0.15) is 0 Å². The lowest BCUT2D eigenvalue weighted by molar-refractivity contribution is 0.411. The third kappa shape index (κ3) is 2.37. The Balaban J connectivity index is 2.25. The number of methoxy groups -OCH3 is 1. The molecule has 4 heteroatoms. The summed E-state index contributed by atoms with van der Waals surface area (Å²) in [7, 11) is 1.69. The molecule has 3 rings (SSSR count). The summed E-state index contributed by atoms with van der Waals surface area (Å²) in [5, 5.41) is 0. The van der Waals surface area contributed by atoms with Crippen molar-refractivity contribution in [2.75, 3.05) is 12.8 Å². The molecule has 0 spiro atoms. The van der Waals surface area contributed by atoms with Gasteiger partial charge in [0.05, 0.1) is 29.5 Å². The van der Waals surface area contributed by atoms with Crippen LogP contribution in [0.25, 0.3) is 22.3 Å². The number of aryl methyl sites for hydroxylation is 2. The molecule has 112 valence electrons. The predicted molar refractivity (Wildman–Crippen MR) is 90.1 cm³/mol. The van der Waals surface area contributed by atoms with Crippen LogP contribution in [0.5, 0.6) is 5.75 Å². The Morgan fingerprint density at radius 1 is 0.955 bits per heavy atom. The molecule has 0 aliphatic heterocycles. The van der Waals surface area contributed by atoms with Crippen molar-refractivity contribution in [1.29, 1.82) is 0 Å². The van der Waals surface area contributed by atoms with Gasteiger partial charge in [-0.25, -0.2) is 9.97 Å². The fourth-order valence-electron chi connectivity index (χ4n) is 2.61. The topological polar surface area (TPSA) is 61.0 Å². The molecule has 3 aromatic rings. The van der Waals surface area contributed by atoms with E-state index in [9.17, 15) is 0 Å². The minimum atomic E-state index is 0.689. The lowest BCUT2D eigenvalue weighted by atomic mass is 10.0. The number of benzene rings is 2. The largest absolute Gasteiger partial charge is 0.496 e. The number of nitrogens with two attached hydrogens (primary N) is 1. The Bertz CT molecular complexity index is 872. The molecule has 2 N–H and O–H groups in total.